The third-order valence-corrected chi connectivity index (χ3v) is 3.07. The van der Waals surface area contributed by atoms with Crippen molar-refractivity contribution in [2.24, 2.45) is 0 Å². The molecule has 1 aromatic heterocycles. The summed E-state index contributed by atoms with van der Waals surface area (Å²) in [5.74, 6) is 0. The van der Waals surface area contributed by atoms with Crippen molar-refractivity contribution in [1.29, 1.82) is 0 Å². The maximum absolute atomic E-state index is 5.92. The molecule has 0 aliphatic heterocycles. The molecule has 1 aromatic carbocycles. The molecule has 1 heterocycles. The minimum absolute atomic E-state index is 0.738. The van der Waals surface area contributed by atoms with E-state index >= 15 is 0 Å². The smallest absolute Gasteiger partial charge is 0.116 e. The number of fused-ring (bicyclic) bond motifs is 1. The standard InChI is InChI=1S/C8H4ClIN2/c9-6-2-8-5(1-7(6)10)3-11-4-12-8/h1-4H. The molecule has 0 saturated carbocycles. The SMILES string of the molecule is Clc1cc2ncncc2cc1I. The molecule has 4 heteroatoms. The summed E-state index contributed by atoms with van der Waals surface area (Å²) in [7, 11) is 0. The van der Waals surface area contributed by atoms with Gasteiger partial charge in [-0.1, -0.05) is 11.6 Å². The number of hydrogen-bond donors (Lipinski definition) is 0. The monoisotopic (exact) mass is 290 g/mol. The maximum atomic E-state index is 5.92. The Bertz CT molecular complexity index is 390. The Morgan fingerprint density at radius 2 is 2.17 bits per heavy atom. The number of halogens is 2. The van der Waals surface area contributed by atoms with Crippen LogP contribution in [-0.2, 0) is 0 Å². The summed E-state index contributed by atoms with van der Waals surface area (Å²) >= 11 is 8.10. The summed E-state index contributed by atoms with van der Waals surface area (Å²) < 4.78 is 1.02. The van der Waals surface area contributed by atoms with E-state index in [4.69, 9.17) is 11.6 Å². The normalized spacial score (nSPS) is 10.5. The molecule has 0 radical (unpaired) electrons. The number of rotatable bonds is 0. The fraction of sp³-hybridized carbons (Fsp3) is 0. The number of hydrogen-bond acceptors (Lipinski definition) is 2. The van der Waals surface area contributed by atoms with Crippen LogP contribution in [0.5, 0.6) is 0 Å². The summed E-state index contributed by atoms with van der Waals surface area (Å²) in [6.45, 7) is 0. The van der Waals surface area contributed by atoms with Crippen LogP contribution in [0.3, 0.4) is 0 Å². The third kappa shape index (κ3) is 1.38. The van der Waals surface area contributed by atoms with Crippen molar-refractivity contribution in [2.75, 3.05) is 0 Å². The molecule has 2 nitrogen and oxygen atoms in total. The molecule has 0 N–H and O–H groups in total. The van der Waals surface area contributed by atoms with E-state index in [0.717, 1.165) is 19.5 Å². The van der Waals surface area contributed by atoms with E-state index < -0.39 is 0 Å². The highest BCUT2D eigenvalue weighted by Crippen LogP contribution is 2.23. The minimum atomic E-state index is 0.738. The van der Waals surface area contributed by atoms with Crippen molar-refractivity contribution in [3.8, 4) is 0 Å². The lowest BCUT2D eigenvalue weighted by atomic mass is 10.2. The molecule has 2 aromatic rings. The van der Waals surface area contributed by atoms with E-state index in [9.17, 15) is 0 Å². The first-order valence-electron chi connectivity index (χ1n) is 3.32. The Hall–Kier alpha value is -0.420. The Balaban J connectivity index is 2.84. The quantitative estimate of drug-likeness (QED) is 0.697. The van der Waals surface area contributed by atoms with Gasteiger partial charge in [0.15, 0.2) is 0 Å². The summed E-state index contributed by atoms with van der Waals surface area (Å²) in [6, 6.07) is 3.82. The van der Waals surface area contributed by atoms with E-state index in [1.807, 2.05) is 12.1 Å². The van der Waals surface area contributed by atoms with Crippen molar-refractivity contribution in [2.45, 2.75) is 0 Å². The van der Waals surface area contributed by atoms with Crippen molar-refractivity contribution in [3.05, 3.63) is 33.2 Å². The van der Waals surface area contributed by atoms with Gasteiger partial charge in [0.1, 0.15) is 6.33 Å². The van der Waals surface area contributed by atoms with Crippen LogP contribution >= 0.6 is 34.2 Å². The molecule has 2 rings (SSSR count). The maximum Gasteiger partial charge on any atom is 0.116 e. The van der Waals surface area contributed by atoms with Crippen LogP contribution in [0.2, 0.25) is 5.02 Å². The highest BCUT2D eigenvalue weighted by molar-refractivity contribution is 14.1. The molecule has 0 aliphatic carbocycles. The van der Waals surface area contributed by atoms with Crippen molar-refractivity contribution in [1.82, 2.24) is 9.97 Å². The van der Waals surface area contributed by atoms with E-state index in [1.54, 1.807) is 6.20 Å². The molecule has 0 saturated heterocycles. The summed E-state index contributed by atoms with van der Waals surface area (Å²) in [4.78, 5) is 8.01. The largest absolute Gasteiger partial charge is 0.244 e. The van der Waals surface area contributed by atoms with Crippen molar-refractivity contribution < 1.29 is 0 Å². The van der Waals surface area contributed by atoms with Gasteiger partial charge in [0.05, 0.1) is 10.5 Å². The third-order valence-electron chi connectivity index (χ3n) is 1.55. The van der Waals surface area contributed by atoms with Crippen LogP contribution < -0.4 is 0 Å². The second kappa shape index (κ2) is 3.14. The van der Waals surface area contributed by atoms with Gasteiger partial charge in [-0.05, 0) is 34.7 Å². The van der Waals surface area contributed by atoms with Gasteiger partial charge in [-0.2, -0.15) is 0 Å². The van der Waals surface area contributed by atoms with Crippen molar-refractivity contribution >= 4 is 45.1 Å². The number of aromatic nitrogens is 2. The Kier molecular flexibility index (Phi) is 2.14. The first kappa shape index (κ1) is 8.19. The highest BCUT2D eigenvalue weighted by atomic mass is 127. The summed E-state index contributed by atoms with van der Waals surface area (Å²) in [6.07, 6.45) is 3.30. The van der Waals surface area contributed by atoms with Crippen LogP contribution in [0.1, 0.15) is 0 Å². The fourth-order valence-electron chi connectivity index (χ4n) is 0.976. The first-order chi connectivity index (χ1) is 5.77. The average molecular weight is 290 g/mol. The lowest BCUT2D eigenvalue weighted by molar-refractivity contribution is 1.22. The predicted molar refractivity (Wildman–Crippen MR) is 57.3 cm³/mol. The van der Waals surface area contributed by atoms with E-state index in [2.05, 4.69) is 32.6 Å². The van der Waals surface area contributed by atoms with Gasteiger partial charge < -0.3 is 0 Å². The van der Waals surface area contributed by atoms with Gasteiger partial charge in [0, 0.05) is 15.2 Å². The van der Waals surface area contributed by atoms with Gasteiger partial charge in [-0.25, -0.2) is 9.97 Å². The molecule has 0 bridgehead atoms. The van der Waals surface area contributed by atoms with Crippen LogP contribution in [0.4, 0.5) is 0 Å². The zero-order valence-electron chi connectivity index (χ0n) is 5.96. The molecular formula is C8H4ClIN2. The lowest BCUT2D eigenvalue weighted by Crippen LogP contribution is -1.82. The molecule has 60 valence electrons. The fourth-order valence-corrected chi connectivity index (χ4v) is 1.63. The molecule has 0 atom stereocenters. The van der Waals surface area contributed by atoms with E-state index in [1.165, 1.54) is 6.33 Å². The molecule has 0 amide bonds. The zero-order chi connectivity index (χ0) is 8.55. The van der Waals surface area contributed by atoms with Crippen molar-refractivity contribution in [3.63, 3.8) is 0 Å². The average Bonchev–Trinajstić information content (AvgIpc) is 2.07. The van der Waals surface area contributed by atoms with Crippen LogP contribution in [0.25, 0.3) is 10.9 Å². The predicted octanol–water partition coefficient (Wildman–Crippen LogP) is 2.89. The topological polar surface area (TPSA) is 25.8 Å². The first-order valence-corrected chi connectivity index (χ1v) is 4.78. The zero-order valence-corrected chi connectivity index (χ0v) is 8.87. The second-order valence-electron chi connectivity index (χ2n) is 2.35. The molecular weight excluding hydrogens is 286 g/mol. The molecule has 0 fully saturated rings. The molecule has 0 aliphatic rings. The van der Waals surface area contributed by atoms with Crippen LogP contribution in [0, 0.1) is 3.57 Å². The number of benzene rings is 1. The molecule has 0 spiro atoms. The Morgan fingerprint density at radius 3 is 3.00 bits per heavy atom. The van der Waals surface area contributed by atoms with Gasteiger partial charge >= 0.3 is 0 Å². The van der Waals surface area contributed by atoms with E-state index in [-0.39, 0.29) is 0 Å². The van der Waals surface area contributed by atoms with Gasteiger partial charge in [-0.15, -0.1) is 0 Å². The molecule has 0 unspecified atom stereocenters. The van der Waals surface area contributed by atoms with Gasteiger partial charge in [0.25, 0.3) is 0 Å². The van der Waals surface area contributed by atoms with Crippen LogP contribution in [0.15, 0.2) is 24.7 Å². The molecule has 12 heavy (non-hydrogen) atoms. The van der Waals surface area contributed by atoms with Crippen LogP contribution in [-0.4, -0.2) is 9.97 Å². The summed E-state index contributed by atoms with van der Waals surface area (Å²) in [5, 5.41) is 1.76. The lowest BCUT2D eigenvalue weighted by Gasteiger charge is -1.98. The Morgan fingerprint density at radius 1 is 1.33 bits per heavy atom. The minimum Gasteiger partial charge on any atom is -0.244 e. The highest BCUT2D eigenvalue weighted by Gasteiger charge is 1.99. The summed E-state index contributed by atoms with van der Waals surface area (Å²) in [5.41, 5.74) is 0.885. The number of nitrogens with zero attached hydrogens (tertiary/aromatic N) is 2. The van der Waals surface area contributed by atoms with E-state index in [0.29, 0.717) is 0 Å². The second-order valence-corrected chi connectivity index (χ2v) is 3.92. The Labute approximate surface area is 88.1 Å². The van der Waals surface area contributed by atoms with Gasteiger partial charge in [0.2, 0.25) is 0 Å². The van der Waals surface area contributed by atoms with Gasteiger partial charge in [-0.3, -0.25) is 0 Å².